The van der Waals surface area contributed by atoms with E-state index in [4.69, 9.17) is 28.5 Å². The fourth-order valence-corrected chi connectivity index (χ4v) is 4.78. The Labute approximate surface area is 202 Å². The van der Waals surface area contributed by atoms with E-state index in [-0.39, 0.29) is 12.1 Å². The molecule has 0 aromatic heterocycles. The minimum atomic E-state index is -1.22. The molecule has 1 unspecified atom stereocenters. The van der Waals surface area contributed by atoms with Crippen LogP contribution in [0.25, 0.3) is 0 Å². The second-order valence-corrected chi connectivity index (χ2v) is 9.68. The van der Waals surface area contributed by atoms with Gasteiger partial charge in [0.25, 0.3) is 8.53 Å². The van der Waals surface area contributed by atoms with Crippen molar-refractivity contribution in [2.24, 2.45) is 0 Å². The van der Waals surface area contributed by atoms with Crippen molar-refractivity contribution < 1.29 is 23.3 Å². The molecule has 8 heteroatoms. The van der Waals surface area contributed by atoms with Crippen molar-refractivity contribution in [2.45, 2.75) is 72.6 Å². The molecule has 0 radical (unpaired) electrons. The minimum absolute atomic E-state index is 0.287. The Balaban J connectivity index is 2.10. The highest BCUT2D eigenvalue weighted by Gasteiger charge is 2.26. The van der Waals surface area contributed by atoms with Gasteiger partial charge in [-0.1, -0.05) is 37.6 Å². The first-order valence-electron chi connectivity index (χ1n) is 12.0. The van der Waals surface area contributed by atoms with Crippen LogP contribution in [0.4, 0.5) is 0 Å². The molecule has 0 N–H and O–H groups in total. The van der Waals surface area contributed by atoms with Crippen molar-refractivity contribution in [3.05, 3.63) is 35.4 Å². The molecule has 0 heterocycles. The minimum Gasteiger partial charge on any atom is -0.377 e. The second kappa shape index (κ2) is 19.2. The molecule has 1 aromatic carbocycles. The molecule has 0 spiro atoms. The van der Waals surface area contributed by atoms with E-state index in [1.165, 1.54) is 11.1 Å². The van der Waals surface area contributed by atoms with Crippen molar-refractivity contribution in [1.29, 1.82) is 5.26 Å². The summed E-state index contributed by atoms with van der Waals surface area (Å²) in [5.74, 6) is 0. The number of hydrogen-bond donors (Lipinski definition) is 0. The van der Waals surface area contributed by atoms with Crippen LogP contribution in [0.3, 0.4) is 0 Å². The average Bonchev–Trinajstić information content (AvgIpc) is 2.78. The van der Waals surface area contributed by atoms with Crippen molar-refractivity contribution >= 4 is 8.53 Å². The summed E-state index contributed by atoms with van der Waals surface area (Å²) in [6, 6.07) is 11.3. The van der Waals surface area contributed by atoms with Gasteiger partial charge in [0.15, 0.2) is 0 Å². The van der Waals surface area contributed by atoms with Crippen molar-refractivity contribution in [2.75, 3.05) is 46.2 Å². The molecule has 0 amide bonds. The van der Waals surface area contributed by atoms with E-state index >= 15 is 0 Å². The van der Waals surface area contributed by atoms with Gasteiger partial charge in [-0.05, 0) is 45.2 Å². The number of nitrogens with zero attached hydrogens (tertiary/aromatic N) is 2. The second-order valence-electron chi connectivity index (χ2n) is 8.22. The first kappa shape index (κ1) is 29.9. The highest BCUT2D eigenvalue weighted by molar-refractivity contribution is 7.44. The molecule has 0 aliphatic carbocycles. The maximum Gasteiger partial charge on any atom is 0.259 e. The highest BCUT2D eigenvalue weighted by Crippen LogP contribution is 2.45. The monoisotopic (exact) mass is 482 g/mol. The molecule has 1 rings (SSSR count). The fourth-order valence-electron chi connectivity index (χ4n) is 3.21. The van der Waals surface area contributed by atoms with Crippen molar-refractivity contribution in [3.63, 3.8) is 0 Å². The average molecular weight is 483 g/mol. The highest BCUT2D eigenvalue weighted by atomic mass is 31.2. The zero-order chi connectivity index (χ0) is 24.3. The van der Waals surface area contributed by atoms with Gasteiger partial charge in [0.1, 0.15) is 0 Å². The first-order chi connectivity index (χ1) is 16.0. The van der Waals surface area contributed by atoms with E-state index in [0.717, 1.165) is 12.8 Å². The van der Waals surface area contributed by atoms with Crippen molar-refractivity contribution in [3.8, 4) is 6.07 Å². The number of rotatable bonds is 20. The van der Waals surface area contributed by atoms with Gasteiger partial charge >= 0.3 is 0 Å². The largest absolute Gasteiger partial charge is 0.377 e. The third kappa shape index (κ3) is 14.0. The Morgan fingerprint density at radius 2 is 1.30 bits per heavy atom. The van der Waals surface area contributed by atoms with Gasteiger partial charge in [-0.3, -0.25) is 0 Å². The lowest BCUT2D eigenvalue weighted by atomic mass is 10.1. The molecule has 7 nitrogen and oxygen atoms in total. The van der Waals surface area contributed by atoms with Gasteiger partial charge < -0.3 is 23.3 Å². The van der Waals surface area contributed by atoms with Crippen LogP contribution in [0.2, 0.25) is 0 Å². The first-order valence-corrected chi connectivity index (χ1v) is 13.1. The van der Waals surface area contributed by atoms with Gasteiger partial charge in [0, 0.05) is 12.1 Å². The van der Waals surface area contributed by atoms with Crippen LogP contribution in [0.5, 0.6) is 0 Å². The molecule has 0 fully saturated rings. The van der Waals surface area contributed by atoms with Gasteiger partial charge in [-0.2, -0.15) is 5.26 Å². The van der Waals surface area contributed by atoms with Crippen LogP contribution in [0, 0.1) is 11.3 Å². The summed E-state index contributed by atoms with van der Waals surface area (Å²) < 4.78 is 30.9. The lowest BCUT2D eigenvalue weighted by Crippen LogP contribution is -2.34. The predicted octanol–water partition coefficient (Wildman–Crippen LogP) is 5.48. The number of nitriles is 1. The molecular formula is C25H43N2O5P. The molecule has 188 valence electrons. The molecule has 0 saturated carbocycles. The Kier molecular flexibility index (Phi) is 17.4. The van der Waals surface area contributed by atoms with Crippen LogP contribution in [0.1, 0.15) is 58.6 Å². The Morgan fingerprint density at radius 1 is 0.788 bits per heavy atom. The maximum absolute atomic E-state index is 8.76. The molecule has 0 aliphatic rings. The Hall–Kier alpha value is -1.10. The maximum atomic E-state index is 8.76. The number of aryl methyl sites for hydroxylation is 1. The smallest absolute Gasteiger partial charge is 0.259 e. The zero-order valence-electron chi connectivity index (χ0n) is 21.1. The van der Waals surface area contributed by atoms with Crippen LogP contribution in [-0.2, 0) is 36.3 Å². The zero-order valence-corrected chi connectivity index (χ0v) is 22.0. The SMILES string of the molecule is CCCc1ccc(COCCOCCOCCOP(OCCC#N)N(C(C)C)C(C)C)cc1. The van der Waals surface area contributed by atoms with E-state index in [2.05, 4.69) is 69.6 Å². The summed E-state index contributed by atoms with van der Waals surface area (Å²) in [5.41, 5.74) is 2.55. The van der Waals surface area contributed by atoms with Crippen LogP contribution < -0.4 is 0 Å². The number of hydrogen-bond acceptors (Lipinski definition) is 7. The molecule has 0 bridgehead atoms. The molecule has 0 saturated heterocycles. The van der Waals surface area contributed by atoms with Crippen LogP contribution >= 0.6 is 8.53 Å². The molecular weight excluding hydrogens is 439 g/mol. The summed E-state index contributed by atoms with van der Waals surface area (Å²) in [6.07, 6.45) is 2.64. The molecule has 0 aliphatic heterocycles. The summed E-state index contributed by atoms with van der Waals surface area (Å²) in [7, 11) is -1.22. The molecule has 1 atom stereocenters. The third-order valence-electron chi connectivity index (χ3n) is 4.67. The van der Waals surface area contributed by atoms with E-state index in [0.29, 0.717) is 59.3 Å². The Bertz CT molecular complexity index is 629. The normalized spacial score (nSPS) is 12.6. The predicted molar refractivity (Wildman–Crippen MR) is 133 cm³/mol. The van der Waals surface area contributed by atoms with Gasteiger partial charge in [-0.25, -0.2) is 4.67 Å². The third-order valence-corrected chi connectivity index (χ3v) is 6.77. The number of benzene rings is 1. The van der Waals surface area contributed by atoms with E-state index < -0.39 is 8.53 Å². The summed E-state index contributed by atoms with van der Waals surface area (Å²) >= 11 is 0. The lowest BCUT2D eigenvalue weighted by molar-refractivity contribution is 0.00497. The molecule has 1 aromatic rings. The Morgan fingerprint density at radius 3 is 1.85 bits per heavy atom. The van der Waals surface area contributed by atoms with E-state index in [1.807, 2.05) is 0 Å². The van der Waals surface area contributed by atoms with E-state index in [1.54, 1.807) is 0 Å². The summed E-state index contributed by atoms with van der Waals surface area (Å²) in [6.45, 7) is 14.7. The van der Waals surface area contributed by atoms with Gasteiger partial charge in [-0.15, -0.1) is 0 Å². The standard InChI is InChI=1S/C25H43N2O5P/c1-6-8-24-9-11-25(12-10-24)21-30-18-17-28-15-16-29-19-20-32-33(31-14-7-13-26)27(22(2)3)23(4)5/h9-12,22-23H,6-8,14-21H2,1-5H3. The van der Waals surface area contributed by atoms with Gasteiger partial charge in [0.05, 0.1) is 65.3 Å². The number of ether oxygens (including phenoxy) is 3. The van der Waals surface area contributed by atoms with Gasteiger partial charge in [0.2, 0.25) is 0 Å². The quantitative estimate of drug-likeness (QED) is 0.180. The lowest BCUT2D eigenvalue weighted by Gasteiger charge is -2.35. The fraction of sp³-hybridized carbons (Fsp3) is 0.720. The van der Waals surface area contributed by atoms with E-state index in [9.17, 15) is 0 Å². The summed E-state index contributed by atoms with van der Waals surface area (Å²) in [5, 5.41) is 8.76. The molecule has 33 heavy (non-hydrogen) atoms. The van der Waals surface area contributed by atoms with Crippen LogP contribution in [-0.4, -0.2) is 63.0 Å². The van der Waals surface area contributed by atoms with Crippen molar-refractivity contribution in [1.82, 2.24) is 4.67 Å². The summed E-state index contributed by atoms with van der Waals surface area (Å²) in [4.78, 5) is 0. The van der Waals surface area contributed by atoms with Crippen LogP contribution in [0.15, 0.2) is 24.3 Å². The topological polar surface area (TPSA) is 73.2 Å².